The van der Waals surface area contributed by atoms with Crippen LogP contribution in [-0.4, -0.2) is 26.3 Å². The molecule has 2 nitrogen and oxygen atoms in total. The highest BCUT2D eigenvalue weighted by atomic mass is 16.5. The van der Waals surface area contributed by atoms with E-state index in [1.165, 1.54) is 12.8 Å². The molecular weight excluding hydrogens is 210 g/mol. The van der Waals surface area contributed by atoms with Gasteiger partial charge in [0.15, 0.2) is 0 Å². The van der Waals surface area contributed by atoms with Crippen molar-refractivity contribution in [1.29, 1.82) is 0 Å². The van der Waals surface area contributed by atoms with Gasteiger partial charge in [0.05, 0.1) is 6.61 Å². The third-order valence-corrected chi connectivity index (χ3v) is 3.02. The molecule has 0 heterocycles. The van der Waals surface area contributed by atoms with Crippen LogP contribution in [-0.2, 0) is 4.74 Å². The van der Waals surface area contributed by atoms with Crippen molar-refractivity contribution in [2.24, 2.45) is 17.3 Å². The molecule has 0 unspecified atom stereocenters. The fraction of sp³-hybridized carbons (Fsp3) is 1.00. The van der Waals surface area contributed by atoms with Crippen LogP contribution in [0.4, 0.5) is 0 Å². The van der Waals surface area contributed by atoms with E-state index in [1.54, 1.807) is 0 Å². The van der Waals surface area contributed by atoms with E-state index < -0.39 is 0 Å². The van der Waals surface area contributed by atoms with E-state index in [0.717, 1.165) is 25.0 Å². The number of ether oxygens (including phenoxy) is 1. The second-order valence-corrected chi connectivity index (χ2v) is 6.66. The van der Waals surface area contributed by atoms with E-state index in [9.17, 15) is 0 Å². The lowest BCUT2D eigenvalue weighted by atomic mass is 9.74. The molecule has 0 aliphatic rings. The van der Waals surface area contributed by atoms with Crippen LogP contribution in [0.15, 0.2) is 0 Å². The SMILES string of the molecule is COCC(CNC(C)C)(CC(C)C)CC(C)C. The molecule has 1 N–H and O–H groups in total. The van der Waals surface area contributed by atoms with Gasteiger partial charge in [-0.05, 0) is 24.7 Å². The van der Waals surface area contributed by atoms with E-state index in [-0.39, 0.29) is 0 Å². The lowest BCUT2D eigenvalue weighted by molar-refractivity contribution is 0.0436. The summed E-state index contributed by atoms with van der Waals surface area (Å²) < 4.78 is 5.50. The zero-order valence-corrected chi connectivity index (χ0v) is 13.0. The Labute approximate surface area is 109 Å². The molecule has 0 radical (unpaired) electrons. The minimum atomic E-state index is 0.293. The first-order chi connectivity index (χ1) is 7.81. The van der Waals surface area contributed by atoms with Gasteiger partial charge in [0, 0.05) is 25.1 Å². The van der Waals surface area contributed by atoms with Crippen molar-refractivity contribution in [2.45, 2.75) is 60.4 Å². The zero-order chi connectivity index (χ0) is 13.5. The Hall–Kier alpha value is -0.0800. The maximum atomic E-state index is 5.50. The molecule has 0 saturated carbocycles. The summed E-state index contributed by atoms with van der Waals surface area (Å²) in [5.41, 5.74) is 0.293. The molecule has 0 spiro atoms. The van der Waals surface area contributed by atoms with Gasteiger partial charge in [0.25, 0.3) is 0 Å². The molecule has 0 fully saturated rings. The summed E-state index contributed by atoms with van der Waals surface area (Å²) in [5.74, 6) is 1.44. The smallest absolute Gasteiger partial charge is 0.0531 e. The van der Waals surface area contributed by atoms with E-state index in [2.05, 4.69) is 46.9 Å². The van der Waals surface area contributed by atoms with Gasteiger partial charge in [0.2, 0.25) is 0 Å². The Kier molecular flexibility index (Phi) is 8.06. The zero-order valence-electron chi connectivity index (χ0n) is 13.0. The largest absolute Gasteiger partial charge is 0.384 e. The van der Waals surface area contributed by atoms with Crippen LogP contribution in [0.25, 0.3) is 0 Å². The second kappa shape index (κ2) is 8.10. The number of methoxy groups -OCH3 is 1. The molecule has 17 heavy (non-hydrogen) atoms. The summed E-state index contributed by atoms with van der Waals surface area (Å²) in [4.78, 5) is 0. The summed E-state index contributed by atoms with van der Waals surface area (Å²) in [5, 5.41) is 3.60. The Morgan fingerprint density at radius 1 is 0.941 bits per heavy atom. The molecule has 0 rings (SSSR count). The van der Waals surface area contributed by atoms with Crippen LogP contribution in [0.2, 0.25) is 0 Å². The summed E-state index contributed by atoms with van der Waals surface area (Å²) in [6.45, 7) is 15.6. The Bertz CT molecular complexity index is 177. The summed E-state index contributed by atoms with van der Waals surface area (Å²) >= 11 is 0. The summed E-state index contributed by atoms with van der Waals surface area (Å²) in [6.07, 6.45) is 2.47. The average Bonchev–Trinajstić information content (AvgIpc) is 2.13. The van der Waals surface area contributed by atoms with Gasteiger partial charge in [-0.2, -0.15) is 0 Å². The maximum absolute atomic E-state index is 5.50. The molecule has 0 aromatic carbocycles. The normalized spacial score (nSPS) is 13.1. The van der Waals surface area contributed by atoms with Crippen molar-refractivity contribution in [3.05, 3.63) is 0 Å². The molecule has 0 aliphatic heterocycles. The molecule has 0 aromatic heterocycles. The van der Waals surface area contributed by atoms with Crippen LogP contribution in [0, 0.1) is 17.3 Å². The predicted octanol–water partition coefficient (Wildman–Crippen LogP) is 3.71. The van der Waals surface area contributed by atoms with Gasteiger partial charge in [-0.1, -0.05) is 41.5 Å². The van der Waals surface area contributed by atoms with Crippen molar-refractivity contribution in [3.8, 4) is 0 Å². The van der Waals surface area contributed by atoms with E-state index >= 15 is 0 Å². The van der Waals surface area contributed by atoms with Crippen molar-refractivity contribution >= 4 is 0 Å². The van der Waals surface area contributed by atoms with E-state index in [4.69, 9.17) is 4.74 Å². The van der Waals surface area contributed by atoms with Crippen molar-refractivity contribution in [3.63, 3.8) is 0 Å². The molecule has 0 aliphatic carbocycles. The quantitative estimate of drug-likeness (QED) is 0.666. The van der Waals surface area contributed by atoms with Crippen LogP contribution < -0.4 is 5.32 Å². The lowest BCUT2D eigenvalue weighted by Crippen LogP contribution is -2.42. The van der Waals surface area contributed by atoms with Crippen molar-refractivity contribution < 1.29 is 4.74 Å². The van der Waals surface area contributed by atoms with Crippen LogP contribution in [0.5, 0.6) is 0 Å². The third-order valence-electron chi connectivity index (χ3n) is 3.02. The van der Waals surface area contributed by atoms with Gasteiger partial charge >= 0.3 is 0 Å². The van der Waals surface area contributed by atoms with Gasteiger partial charge in [-0.3, -0.25) is 0 Å². The summed E-state index contributed by atoms with van der Waals surface area (Å²) in [7, 11) is 1.82. The molecule has 0 aromatic rings. The monoisotopic (exact) mass is 243 g/mol. The minimum absolute atomic E-state index is 0.293. The average molecular weight is 243 g/mol. The summed E-state index contributed by atoms with van der Waals surface area (Å²) in [6, 6.07) is 0.547. The number of nitrogens with one attached hydrogen (secondary N) is 1. The van der Waals surface area contributed by atoms with Gasteiger partial charge in [0.1, 0.15) is 0 Å². The Balaban J connectivity index is 4.67. The molecule has 0 amide bonds. The highest BCUT2D eigenvalue weighted by molar-refractivity contribution is 4.84. The second-order valence-electron chi connectivity index (χ2n) is 6.66. The van der Waals surface area contributed by atoms with Crippen molar-refractivity contribution in [1.82, 2.24) is 5.32 Å². The first-order valence-electron chi connectivity index (χ1n) is 7.03. The van der Waals surface area contributed by atoms with Crippen molar-refractivity contribution in [2.75, 3.05) is 20.3 Å². The number of rotatable bonds is 9. The number of hydrogen-bond donors (Lipinski definition) is 1. The number of hydrogen-bond acceptors (Lipinski definition) is 2. The first kappa shape index (κ1) is 16.9. The standard InChI is InChI=1S/C15H33NO/c1-12(2)8-15(11-17-7,9-13(3)4)10-16-14(5)6/h12-14,16H,8-11H2,1-7H3. The molecule has 104 valence electrons. The fourth-order valence-electron chi connectivity index (χ4n) is 2.86. The van der Waals surface area contributed by atoms with Gasteiger partial charge < -0.3 is 10.1 Å². The van der Waals surface area contributed by atoms with Gasteiger partial charge in [-0.15, -0.1) is 0 Å². The molecule has 2 heteroatoms. The topological polar surface area (TPSA) is 21.3 Å². The molecule has 0 bridgehead atoms. The van der Waals surface area contributed by atoms with E-state index in [1.807, 2.05) is 7.11 Å². The Morgan fingerprint density at radius 3 is 1.71 bits per heavy atom. The maximum Gasteiger partial charge on any atom is 0.0531 e. The van der Waals surface area contributed by atoms with Crippen LogP contribution in [0.3, 0.4) is 0 Å². The van der Waals surface area contributed by atoms with Gasteiger partial charge in [-0.25, -0.2) is 0 Å². The first-order valence-corrected chi connectivity index (χ1v) is 7.03. The molecular formula is C15H33NO. The molecule has 0 saturated heterocycles. The Morgan fingerprint density at radius 2 is 1.41 bits per heavy atom. The van der Waals surface area contributed by atoms with Crippen LogP contribution in [0.1, 0.15) is 54.4 Å². The fourth-order valence-corrected chi connectivity index (χ4v) is 2.86. The highest BCUT2D eigenvalue weighted by Crippen LogP contribution is 2.33. The minimum Gasteiger partial charge on any atom is -0.384 e. The molecule has 0 atom stereocenters. The third kappa shape index (κ3) is 7.77. The lowest BCUT2D eigenvalue weighted by Gasteiger charge is -2.37. The highest BCUT2D eigenvalue weighted by Gasteiger charge is 2.31. The van der Waals surface area contributed by atoms with E-state index in [0.29, 0.717) is 11.5 Å². The predicted molar refractivity (Wildman–Crippen MR) is 76.4 cm³/mol. The van der Waals surface area contributed by atoms with Crippen LogP contribution >= 0.6 is 0 Å².